The molecule has 1 aliphatic rings. The monoisotopic (exact) mass is 584 g/mol. The Labute approximate surface area is 241 Å². The Morgan fingerprint density at radius 2 is 1.77 bits per heavy atom. The maximum Gasteiger partial charge on any atom is 0.248 e. The summed E-state index contributed by atoms with van der Waals surface area (Å²) in [6.07, 6.45) is 0.346. The zero-order valence-electron chi connectivity index (χ0n) is 22.1. The van der Waals surface area contributed by atoms with E-state index < -0.39 is 46.9 Å². The summed E-state index contributed by atoms with van der Waals surface area (Å²) in [7, 11) is 0. The number of hydrogen-bond acceptors (Lipinski definition) is 4. The van der Waals surface area contributed by atoms with Gasteiger partial charge in [-0.05, 0) is 59.9 Å². The smallest absolute Gasteiger partial charge is 0.248 e. The van der Waals surface area contributed by atoms with Crippen LogP contribution in [0.4, 0.5) is 14.5 Å². The Hall–Kier alpha value is -3.51. The number of hydrogen-bond donors (Lipinski definition) is 3. The third-order valence-electron chi connectivity index (χ3n) is 7.17. The highest BCUT2D eigenvalue weighted by Gasteiger charge is 2.61. The number of primary amides is 1. The van der Waals surface area contributed by atoms with Gasteiger partial charge in [0.25, 0.3) is 0 Å². The number of anilines is 1. The maximum atomic E-state index is 15.7. The van der Waals surface area contributed by atoms with E-state index in [-0.39, 0.29) is 32.2 Å². The quantitative estimate of drug-likeness (QED) is 0.314. The average Bonchev–Trinajstić information content (AvgIpc) is 3.19. The first kappa shape index (κ1) is 29.5. The van der Waals surface area contributed by atoms with Crippen LogP contribution in [-0.4, -0.2) is 23.9 Å². The summed E-state index contributed by atoms with van der Waals surface area (Å²) in [6.45, 7) is 5.87. The van der Waals surface area contributed by atoms with Gasteiger partial charge in [0.1, 0.15) is 17.0 Å². The van der Waals surface area contributed by atoms with Crippen molar-refractivity contribution in [3.63, 3.8) is 0 Å². The molecule has 4 N–H and O–H groups in total. The van der Waals surface area contributed by atoms with Crippen molar-refractivity contribution in [3.05, 3.63) is 99.0 Å². The van der Waals surface area contributed by atoms with E-state index in [9.17, 15) is 14.9 Å². The number of nitrogens with one attached hydrogen (secondary N) is 2. The van der Waals surface area contributed by atoms with Crippen LogP contribution in [-0.2, 0) is 10.2 Å². The number of benzene rings is 3. The Balaban J connectivity index is 1.92. The van der Waals surface area contributed by atoms with Crippen molar-refractivity contribution in [3.8, 4) is 6.07 Å². The molecule has 0 unspecified atom stereocenters. The SMILES string of the molecule is CC(C)(C)C[C@@H]1N[C@@H](C(=O)Nc2ccc(C(N)=O)cc2)[C@H](c2cccc(Cl)c2F)[C@@]1(C#N)c1ccc(Cl)cc1F. The van der Waals surface area contributed by atoms with E-state index in [0.29, 0.717) is 12.1 Å². The molecule has 0 bridgehead atoms. The minimum atomic E-state index is -1.73. The number of nitriles is 1. The number of carbonyl (C=O) groups is 2. The molecule has 208 valence electrons. The van der Waals surface area contributed by atoms with Crippen molar-refractivity contribution in [2.75, 3.05) is 5.32 Å². The van der Waals surface area contributed by atoms with Gasteiger partial charge in [-0.2, -0.15) is 5.26 Å². The summed E-state index contributed by atoms with van der Waals surface area (Å²) >= 11 is 12.2. The highest BCUT2D eigenvalue weighted by atomic mass is 35.5. The second-order valence-electron chi connectivity index (χ2n) is 11.1. The Morgan fingerprint density at radius 1 is 1.10 bits per heavy atom. The zero-order valence-corrected chi connectivity index (χ0v) is 23.6. The molecule has 4 rings (SSSR count). The molecule has 40 heavy (non-hydrogen) atoms. The van der Waals surface area contributed by atoms with Gasteiger partial charge in [-0.1, -0.05) is 62.2 Å². The molecular formula is C30H28Cl2F2N4O2. The molecule has 1 saturated heterocycles. The van der Waals surface area contributed by atoms with Gasteiger partial charge < -0.3 is 16.4 Å². The molecule has 10 heteroatoms. The highest BCUT2D eigenvalue weighted by Crippen LogP contribution is 2.52. The molecule has 1 aliphatic heterocycles. The predicted octanol–water partition coefficient (Wildman–Crippen LogP) is 6.33. The fraction of sp³-hybridized carbons (Fsp3) is 0.300. The summed E-state index contributed by atoms with van der Waals surface area (Å²) in [4.78, 5) is 25.3. The minimum absolute atomic E-state index is 0.00321. The Bertz CT molecular complexity index is 1500. The van der Waals surface area contributed by atoms with Crippen molar-refractivity contribution in [2.45, 2.75) is 50.6 Å². The normalized spacial score (nSPS) is 22.5. The first-order chi connectivity index (χ1) is 18.8. The van der Waals surface area contributed by atoms with Gasteiger partial charge in [0.2, 0.25) is 11.8 Å². The van der Waals surface area contributed by atoms with Crippen LogP contribution >= 0.6 is 23.2 Å². The van der Waals surface area contributed by atoms with Crippen molar-refractivity contribution in [2.24, 2.45) is 11.1 Å². The second kappa shape index (κ2) is 11.2. The summed E-state index contributed by atoms with van der Waals surface area (Å²) in [5, 5.41) is 16.8. The number of rotatable bonds is 6. The highest BCUT2D eigenvalue weighted by molar-refractivity contribution is 6.31. The van der Waals surface area contributed by atoms with Gasteiger partial charge in [0, 0.05) is 33.8 Å². The van der Waals surface area contributed by atoms with Crippen LogP contribution in [0.3, 0.4) is 0 Å². The molecule has 1 fully saturated rings. The molecule has 0 saturated carbocycles. The van der Waals surface area contributed by atoms with Crippen molar-refractivity contribution < 1.29 is 18.4 Å². The number of carbonyl (C=O) groups excluding carboxylic acids is 2. The number of halogens is 4. The van der Waals surface area contributed by atoms with Crippen molar-refractivity contribution >= 4 is 40.7 Å². The largest absolute Gasteiger partial charge is 0.366 e. The van der Waals surface area contributed by atoms with Crippen LogP contribution in [0.1, 0.15) is 54.6 Å². The van der Waals surface area contributed by atoms with Gasteiger partial charge in [-0.25, -0.2) is 8.78 Å². The van der Waals surface area contributed by atoms with E-state index in [1.54, 1.807) is 0 Å². The van der Waals surface area contributed by atoms with Gasteiger partial charge >= 0.3 is 0 Å². The van der Waals surface area contributed by atoms with Gasteiger partial charge in [-0.3, -0.25) is 9.59 Å². The lowest BCUT2D eigenvalue weighted by atomic mass is 9.62. The van der Waals surface area contributed by atoms with Crippen molar-refractivity contribution in [1.29, 1.82) is 5.26 Å². The van der Waals surface area contributed by atoms with Crippen molar-refractivity contribution in [1.82, 2.24) is 5.32 Å². The molecule has 0 aliphatic carbocycles. The summed E-state index contributed by atoms with van der Waals surface area (Å²) in [5.74, 6) is -3.94. The van der Waals surface area contributed by atoms with E-state index in [1.807, 2.05) is 20.8 Å². The van der Waals surface area contributed by atoms with Gasteiger partial charge in [0.05, 0.1) is 17.1 Å². The average molecular weight is 585 g/mol. The Kier molecular flexibility index (Phi) is 8.23. The topological polar surface area (TPSA) is 108 Å². The maximum absolute atomic E-state index is 15.7. The van der Waals surface area contributed by atoms with E-state index >= 15 is 8.78 Å². The van der Waals surface area contributed by atoms with Crippen LogP contribution in [0, 0.1) is 28.4 Å². The third-order valence-corrected chi connectivity index (χ3v) is 7.70. The van der Waals surface area contributed by atoms with Gasteiger partial charge in [-0.15, -0.1) is 0 Å². The van der Waals surface area contributed by atoms with Crippen LogP contribution in [0.5, 0.6) is 0 Å². The van der Waals surface area contributed by atoms with Crippen LogP contribution in [0.2, 0.25) is 10.0 Å². The molecule has 2 amide bonds. The Morgan fingerprint density at radius 3 is 2.35 bits per heavy atom. The number of amides is 2. The van der Waals surface area contributed by atoms with Crippen LogP contribution in [0.25, 0.3) is 0 Å². The third kappa shape index (κ3) is 5.55. The molecular weight excluding hydrogens is 557 g/mol. The molecule has 3 aromatic rings. The molecule has 0 aromatic heterocycles. The predicted molar refractivity (Wildman–Crippen MR) is 151 cm³/mol. The zero-order chi connectivity index (χ0) is 29.4. The van der Waals surface area contributed by atoms with E-state index in [1.165, 1.54) is 54.6 Å². The summed E-state index contributed by atoms with van der Waals surface area (Å²) in [6, 6.07) is 14.6. The molecule has 0 spiro atoms. The number of nitrogens with two attached hydrogens (primary N) is 1. The molecule has 3 aromatic carbocycles. The summed E-state index contributed by atoms with van der Waals surface area (Å²) < 4.78 is 31.4. The lowest BCUT2D eigenvalue weighted by molar-refractivity contribution is -0.118. The fourth-order valence-electron chi connectivity index (χ4n) is 5.49. The molecule has 1 heterocycles. The standard InChI is InChI=1S/C30H28Cl2F2N4O2/c1-29(2,3)14-23-30(15-35,20-12-9-17(31)13-22(20)33)24(19-5-4-6-21(32)25(19)34)26(38-23)28(40)37-18-10-7-16(8-11-18)27(36)39/h4-13,23-24,26,38H,14H2,1-3H3,(H2,36,39)(H,37,40)/t23-,24-,26+,30-/m0/s1. The molecule has 4 atom stereocenters. The van der Waals surface area contributed by atoms with E-state index in [4.69, 9.17) is 28.9 Å². The van der Waals surface area contributed by atoms with Gasteiger partial charge in [0.15, 0.2) is 0 Å². The summed E-state index contributed by atoms with van der Waals surface area (Å²) in [5.41, 5.74) is 3.80. The number of nitrogens with zero attached hydrogens (tertiary/aromatic N) is 1. The van der Waals surface area contributed by atoms with E-state index in [0.717, 1.165) is 6.07 Å². The van der Waals surface area contributed by atoms with Crippen LogP contribution < -0.4 is 16.4 Å². The lowest BCUT2D eigenvalue weighted by Crippen LogP contribution is -2.45. The first-order valence-electron chi connectivity index (χ1n) is 12.6. The lowest BCUT2D eigenvalue weighted by Gasteiger charge is -2.37. The molecule has 6 nitrogen and oxygen atoms in total. The molecule has 0 radical (unpaired) electrons. The second-order valence-corrected chi connectivity index (χ2v) is 12.0. The fourth-order valence-corrected chi connectivity index (χ4v) is 5.84. The van der Waals surface area contributed by atoms with Crippen LogP contribution in [0.15, 0.2) is 60.7 Å². The first-order valence-corrected chi connectivity index (χ1v) is 13.3. The van der Waals surface area contributed by atoms with E-state index in [2.05, 4.69) is 16.7 Å². The minimum Gasteiger partial charge on any atom is -0.366 e.